The van der Waals surface area contributed by atoms with Crippen LogP contribution >= 0.6 is 11.3 Å². The second-order valence-corrected chi connectivity index (χ2v) is 9.67. The predicted octanol–water partition coefficient (Wildman–Crippen LogP) is 3.15. The molecule has 0 aliphatic rings. The highest BCUT2D eigenvalue weighted by Crippen LogP contribution is 2.20. The Morgan fingerprint density at radius 1 is 1.19 bits per heavy atom. The number of nitrogens with two attached hydrogens (primary N) is 1. The molecule has 0 bridgehead atoms. The van der Waals surface area contributed by atoms with E-state index in [1.807, 2.05) is 34.6 Å². The van der Waals surface area contributed by atoms with E-state index in [4.69, 9.17) is 10.5 Å². The molecule has 168 valence electrons. The molecule has 1 atom stereocenters. The van der Waals surface area contributed by atoms with Gasteiger partial charge in [0.05, 0.1) is 0 Å². The number of hydrogen-bond donors (Lipinski definition) is 2. The zero-order valence-electron chi connectivity index (χ0n) is 18.5. The van der Waals surface area contributed by atoms with Crippen LogP contribution in [0.2, 0.25) is 0 Å². The summed E-state index contributed by atoms with van der Waals surface area (Å²) in [6, 6.07) is 5.85. The minimum absolute atomic E-state index is 0.0353. The number of hydrogen-bond acceptors (Lipinski definition) is 6. The van der Waals surface area contributed by atoms with Crippen molar-refractivity contribution in [1.29, 1.82) is 0 Å². The maximum absolute atomic E-state index is 12.5. The average Bonchev–Trinajstić information content (AvgIpc) is 3.11. The average molecular weight is 447 g/mol. The molecule has 8 nitrogen and oxygen atoms in total. The van der Waals surface area contributed by atoms with E-state index in [0.29, 0.717) is 22.5 Å². The largest absolute Gasteiger partial charge is 0.443 e. The monoisotopic (exact) mass is 446 g/mol. The van der Waals surface area contributed by atoms with Crippen molar-refractivity contribution in [3.63, 3.8) is 0 Å². The second kappa shape index (κ2) is 10.5. The lowest BCUT2D eigenvalue weighted by Crippen LogP contribution is -2.37. The Morgan fingerprint density at radius 3 is 2.42 bits per heavy atom. The van der Waals surface area contributed by atoms with E-state index in [9.17, 15) is 14.4 Å². The van der Waals surface area contributed by atoms with Crippen LogP contribution in [0.25, 0.3) is 0 Å². The smallest absolute Gasteiger partial charge is 0.324 e. The summed E-state index contributed by atoms with van der Waals surface area (Å²) in [5, 5.41) is 4.57. The van der Waals surface area contributed by atoms with Gasteiger partial charge >= 0.3 is 5.97 Å². The van der Waals surface area contributed by atoms with E-state index in [-0.39, 0.29) is 24.0 Å². The lowest BCUT2D eigenvalue weighted by atomic mass is 9.92. The van der Waals surface area contributed by atoms with E-state index < -0.39 is 17.9 Å². The number of aromatic nitrogens is 1. The number of ether oxygens (including phenoxy) is 1. The lowest BCUT2D eigenvalue weighted by molar-refractivity contribution is -0.150. The summed E-state index contributed by atoms with van der Waals surface area (Å²) in [7, 11) is 0. The molecule has 9 heteroatoms. The number of esters is 1. The highest BCUT2D eigenvalue weighted by molar-refractivity contribution is 7.07. The fraction of sp³-hybridized carbons (Fsp3) is 0.455. The Labute approximate surface area is 186 Å². The number of nitrogens with zero attached hydrogens (tertiary/aromatic N) is 2. The van der Waals surface area contributed by atoms with Crippen molar-refractivity contribution in [1.82, 2.24) is 4.57 Å². The molecule has 1 aromatic carbocycles. The van der Waals surface area contributed by atoms with Crippen molar-refractivity contribution in [2.45, 2.75) is 53.8 Å². The van der Waals surface area contributed by atoms with Crippen LogP contribution in [0, 0.1) is 11.3 Å². The fourth-order valence-corrected chi connectivity index (χ4v) is 3.24. The lowest BCUT2D eigenvalue weighted by Gasteiger charge is -2.17. The molecule has 0 radical (unpaired) electrons. The third-order valence-corrected chi connectivity index (χ3v) is 5.09. The number of benzene rings is 1. The van der Waals surface area contributed by atoms with Crippen molar-refractivity contribution in [3.05, 3.63) is 46.2 Å². The second-order valence-electron chi connectivity index (χ2n) is 8.80. The van der Waals surface area contributed by atoms with Gasteiger partial charge in [-0.2, -0.15) is 4.99 Å². The summed E-state index contributed by atoms with van der Waals surface area (Å²) < 4.78 is 6.78. The Bertz CT molecular complexity index is 984. The molecule has 0 saturated carbocycles. The first-order valence-electron chi connectivity index (χ1n) is 10.0. The first kappa shape index (κ1) is 24.5. The Kier molecular flexibility index (Phi) is 8.29. The molecular formula is C22H30N4O4S. The Balaban J connectivity index is 2.04. The van der Waals surface area contributed by atoms with E-state index in [0.717, 1.165) is 0 Å². The fourth-order valence-electron chi connectivity index (χ4n) is 2.52. The molecule has 2 aromatic rings. The predicted molar refractivity (Wildman–Crippen MR) is 120 cm³/mol. The topological polar surface area (TPSA) is 116 Å². The van der Waals surface area contributed by atoms with Gasteiger partial charge in [0.1, 0.15) is 6.04 Å². The van der Waals surface area contributed by atoms with E-state index >= 15 is 0 Å². The third-order valence-electron chi connectivity index (χ3n) is 4.30. The molecular weight excluding hydrogens is 416 g/mol. The van der Waals surface area contributed by atoms with E-state index in [1.54, 1.807) is 40.4 Å². The van der Waals surface area contributed by atoms with Crippen molar-refractivity contribution >= 4 is 34.8 Å². The number of carbonyl (C=O) groups excluding carboxylic acids is 3. The standard InChI is InChI=1S/C22H30N4O4S/c1-14(2)18(23)20(29)30-13-26-10-11-31-21(26)25-19(28)15-6-8-16(9-7-15)24-17(27)12-22(3,4)5/h6-11,14,18H,12-13,23H2,1-5H3,(H,24,27)/b25-21-. The van der Waals surface area contributed by atoms with Crippen LogP contribution in [0.15, 0.2) is 40.8 Å². The molecule has 1 heterocycles. The maximum Gasteiger partial charge on any atom is 0.324 e. The van der Waals surface area contributed by atoms with Crippen LogP contribution in [-0.2, 0) is 21.1 Å². The summed E-state index contributed by atoms with van der Waals surface area (Å²) in [6.45, 7) is 9.58. The van der Waals surface area contributed by atoms with Crippen LogP contribution in [-0.4, -0.2) is 28.4 Å². The minimum Gasteiger partial charge on any atom is -0.443 e. The Morgan fingerprint density at radius 2 is 1.84 bits per heavy atom. The molecule has 0 fully saturated rings. The molecule has 0 spiro atoms. The van der Waals surface area contributed by atoms with Gasteiger partial charge < -0.3 is 15.8 Å². The van der Waals surface area contributed by atoms with E-state index in [2.05, 4.69) is 10.3 Å². The van der Waals surface area contributed by atoms with Gasteiger partial charge in [-0.3, -0.25) is 19.0 Å². The van der Waals surface area contributed by atoms with Crippen LogP contribution in [0.1, 0.15) is 51.4 Å². The molecule has 0 aliphatic carbocycles. The van der Waals surface area contributed by atoms with Gasteiger partial charge in [0.15, 0.2) is 11.5 Å². The van der Waals surface area contributed by atoms with Crippen LogP contribution in [0.3, 0.4) is 0 Å². The van der Waals surface area contributed by atoms with Gasteiger partial charge in [0.2, 0.25) is 5.91 Å². The summed E-state index contributed by atoms with van der Waals surface area (Å²) in [6.07, 6.45) is 2.08. The number of rotatable bonds is 7. The summed E-state index contributed by atoms with van der Waals surface area (Å²) in [5.74, 6) is -1.06. The van der Waals surface area contributed by atoms with Gasteiger partial charge in [0, 0.05) is 29.2 Å². The van der Waals surface area contributed by atoms with Crippen LogP contribution in [0.4, 0.5) is 5.69 Å². The Hall–Kier alpha value is -2.78. The summed E-state index contributed by atoms with van der Waals surface area (Å²) in [5.41, 5.74) is 6.67. The van der Waals surface area contributed by atoms with Crippen LogP contribution < -0.4 is 15.9 Å². The zero-order valence-corrected chi connectivity index (χ0v) is 19.4. The number of carbonyl (C=O) groups is 3. The molecule has 2 rings (SSSR count). The van der Waals surface area contributed by atoms with E-state index in [1.165, 1.54) is 11.3 Å². The van der Waals surface area contributed by atoms with Crippen molar-refractivity contribution in [2.75, 3.05) is 5.32 Å². The van der Waals surface area contributed by atoms with Crippen molar-refractivity contribution in [2.24, 2.45) is 22.1 Å². The first-order chi connectivity index (χ1) is 14.5. The quantitative estimate of drug-likeness (QED) is 0.634. The van der Waals surface area contributed by atoms with Crippen molar-refractivity contribution in [3.8, 4) is 0 Å². The molecule has 1 unspecified atom stereocenters. The first-order valence-corrected chi connectivity index (χ1v) is 10.9. The van der Waals surface area contributed by atoms with Gasteiger partial charge in [-0.15, -0.1) is 11.3 Å². The number of anilines is 1. The van der Waals surface area contributed by atoms with Crippen molar-refractivity contribution < 1.29 is 19.1 Å². The summed E-state index contributed by atoms with van der Waals surface area (Å²) in [4.78, 5) is 41.0. The van der Waals surface area contributed by atoms with Crippen LogP contribution in [0.5, 0.6) is 0 Å². The SMILES string of the molecule is CC(C)C(N)C(=O)OCn1ccs/c1=N\C(=O)c1ccc(NC(=O)CC(C)(C)C)cc1. The highest BCUT2D eigenvalue weighted by atomic mass is 32.1. The highest BCUT2D eigenvalue weighted by Gasteiger charge is 2.19. The normalized spacial score (nSPS) is 13.2. The molecule has 2 amide bonds. The molecule has 31 heavy (non-hydrogen) atoms. The molecule has 0 aliphatic heterocycles. The third kappa shape index (κ3) is 7.76. The maximum atomic E-state index is 12.5. The zero-order chi connectivity index (χ0) is 23.2. The van der Waals surface area contributed by atoms with Gasteiger partial charge in [-0.25, -0.2) is 0 Å². The van der Waals surface area contributed by atoms with Gasteiger partial charge in [-0.05, 0) is 35.6 Å². The van der Waals surface area contributed by atoms with Gasteiger partial charge in [-0.1, -0.05) is 34.6 Å². The molecule has 0 saturated heterocycles. The summed E-state index contributed by atoms with van der Waals surface area (Å²) >= 11 is 1.25. The molecule has 1 aromatic heterocycles. The number of nitrogens with one attached hydrogen (secondary N) is 1. The molecule has 3 N–H and O–H groups in total. The van der Waals surface area contributed by atoms with Gasteiger partial charge in [0.25, 0.3) is 5.91 Å². The number of amides is 2. The number of thiazole rings is 1. The minimum atomic E-state index is -0.705.